The molecule has 0 atom stereocenters. The van der Waals surface area contributed by atoms with Crippen molar-refractivity contribution in [3.63, 3.8) is 0 Å². The minimum absolute atomic E-state index is 0.459. The van der Waals surface area contributed by atoms with Crippen LogP contribution >= 0.6 is 0 Å². The maximum absolute atomic E-state index is 5.35. The van der Waals surface area contributed by atoms with Crippen molar-refractivity contribution in [3.8, 4) is 46.6 Å². The van der Waals surface area contributed by atoms with Gasteiger partial charge in [0.05, 0.1) is 67.9 Å². The Bertz CT molecular complexity index is 2640. The van der Waals surface area contributed by atoms with Gasteiger partial charge in [-0.3, -0.25) is 0 Å². The van der Waals surface area contributed by atoms with Gasteiger partial charge in [-0.2, -0.15) is 0 Å². The molecule has 0 radical (unpaired) electrons. The Morgan fingerprint density at radius 2 is 0.562 bits per heavy atom. The first kappa shape index (κ1) is 45.7. The Labute approximate surface area is 385 Å². The van der Waals surface area contributed by atoms with Crippen LogP contribution in [0.1, 0.15) is 94.2 Å². The van der Waals surface area contributed by atoms with Crippen LogP contribution in [0.25, 0.3) is 0 Å². The van der Waals surface area contributed by atoms with Crippen LogP contribution in [0.15, 0.2) is 174 Å². The maximum atomic E-state index is 5.35. The lowest BCUT2D eigenvalue weighted by Crippen LogP contribution is -2.43. The van der Waals surface area contributed by atoms with Crippen molar-refractivity contribution in [2.45, 2.75) is 116 Å². The fourth-order valence-electron chi connectivity index (χ4n) is 10.1. The first-order valence-electron chi connectivity index (χ1n) is 22.9. The van der Waals surface area contributed by atoms with Crippen molar-refractivity contribution in [3.05, 3.63) is 165 Å². The summed E-state index contributed by atoms with van der Waals surface area (Å²) in [6.07, 6.45) is 16.4. The third-order valence-electron chi connectivity index (χ3n) is 13.4. The maximum Gasteiger partial charge on any atom is 0.146 e. The Morgan fingerprint density at radius 3 is 0.812 bits per heavy atom. The lowest BCUT2D eigenvalue weighted by Gasteiger charge is -2.38. The molecule has 0 unspecified atom stereocenters. The molecule has 64 heavy (non-hydrogen) atoms. The fourth-order valence-corrected chi connectivity index (χ4v) is 20.5. The zero-order chi connectivity index (χ0) is 45.8. The van der Waals surface area contributed by atoms with E-state index in [1.54, 1.807) is 0 Å². The second kappa shape index (κ2) is 19.2. The second-order valence-corrected chi connectivity index (χ2v) is 30.0. The molecule has 5 aliphatic heterocycles. The average Bonchev–Trinajstić information content (AvgIpc) is 4.11. The van der Waals surface area contributed by atoms with Gasteiger partial charge in [0.25, 0.3) is 0 Å². The predicted octanol–water partition coefficient (Wildman–Crippen LogP) is 13.6. The minimum atomic E-state index is -2.14. The molecule has 2 aromatic carbocycles. The van der Waals surface area contributed by atoms with Gasteiger partial charge < -0.3 is 0 Å². The van der Waals surface area contributed by atoms with E-state index in [0.29, 0.717) is 33.2 Å². The summed E-state index contributed by atoms with van der Waals surface area (Å²) in [6, 6.07) is 20.1. The lowest BCUT2D eigenvalue weighted by atomic mass is 10.1. The second-order valence-electron chi connectivity index (χ2n) is 18.9. The van der Waals surface area contributed by atoms with Crippen molar-refractivity contribution in [1.29, 1.82) is 0 Å². The number of benzene rings is 2. The van der Waals surface area contributed by atoms with Crippen LogP contribution in [0.5, 0.6) is 0 Å². The molecule has 0 aromatic heterocycles. The third-order valence-corrected chi connectivity index (χ3v) is 25.9. The summed E-state index contributed by atoms with van der Waals surface area (Å²) in [7, 11) is -4.28. The Kier molecular flexibility index (Phi) is 13.7. The van der Waals surface area contributed by atoms with E-state index >= 15 is 0 Å². The van der Waals surface area contributed by atoms with Gasteiger partial charge in [0.1, 0.15) is 16.1 Å². The van der Waals surface area contributed by atoms with Gasteiger partial charge in [-0.1, -0.05) is 155 Å². The molecule has 4 nitrogen and oxygen atoms in total. The van der Waals surface area contributed by atoms with E-state index in [1.165, 1.54) is 0 Å². The molecule has 0 spiro atoms. The summed E-state index contributed by atoms with van der Waals surface area (Å²) in [5.41, 5.74) is 21.5. The van der Waals surface area contributed by atoms with Gasteiger partial charge in [0.15, 0.2) is 0 Å². The molecule has 2 aromatic rings. The van der Waals surface area contributed by atoms with Crippen molar-refractivity contribution < 1.29 is 0 Å². The highest BCUT2D eigenvalue weighted by atomic mass is 28.3. The van der Waals surface area contributed by atoms with Gasteiger partial charge in [-0.15, -0.1) is 11.1 Å². The Morgan fingerprint density at radius 1 is 0.312 bits per heavy atom. The highest BCUT2D eigenvalue weighted by molar-refractivity contribution is 6.91. The van der Waals surface area contributed by atoms with E-state index < -0.39 is 16.1 Å². The summed E-state index contributed by atoms with van der Waals surface area (Å²) >= 11 is 0. The zero-order valence-corrected chi connectivity index (χ0v) is 41.6. The quantitative estimate of drug-likeness (QED) is 0.205. The highest BCUT2D eigenvalue weighted by Gasteiger charge is 2.43. The van der Waals surface area contributed by atoms with Crippen LogP contribution in [0.4, 0.5) is 0 Å². The number of allylic oxidation sites excluding steroid dienone is 12. The molecule has 0 saturated carbocycles. The van der Waals surface area contributed by atoms with Gasteiger partial charge in [-0.05, 0) is 106 Å². The number of rotatable bonds is 6. The number of aliphatic imine (C=N–C) groups is 4. The predicted molar refractivity (Wildman–Crippen MR) is 279 cm³/mol. The van der Waals surface area contributed by atoms with Crippen molar-refractivity contribution in [2.24, 2.45) is 20.0 Å². The molecule has 5 heterocycles. The molecule has 6 heteroatoms. The van der Waals surface area contributed by atoms with Gasteiger partial charge in [-0.25, -0.2) is 20.0 Å². The van der Waals surface area contributed by atoms with Crippen LogP contribution < -0.4 is 0 Å². The summed E-state index contributed by atoms with van der Waals surface area (Å²) in [5, 5.41) is 0. The van der Waals surface area contributed by atoms with E-state index in [2.05, 4.69) is 154 Å². The summed E-state index contributed by atoms with van der Waals surface area (Å²) < 4.78 is 0. The smallest absolute Gasteiger partial charge is 0.146 e. The van der Waals surface area contributed by atoms with Gasteiger partial charge in [0.2, 0.25) is 0 Å². The standard InChI is InChI=1S/C58H60N4Si2/c1-39(2)63(40(3)4,41(5)6)37-35-49-55-31-27-51(59-55)47(25-23-45-19-15-13-16-20-45)53-29-33-57(61-53)50(36-38-64(42(7)8,43(9)10)44(11)12)58-34-30-54(62-58)48(52-28-32-56(49)60-52)26-24-46-21-17-14-18-22-46/h13-22,27-34,39-44H,1-12H3. The normalized spacial score (nSPS) is 16.7. The van der Waals surface area contributed by atoms with E-state index in [9.17, 15) is 0 Å². The highest BCUT2D eigenvalue weighted by Crippen LogP contribution is 2.42. The van der Waals surface area contributed by atoms with Crippen LogP contribution in [0.2, 0.25) is 33.2 Å². The largest absolute Gasteiger partial charge is 0.246 e. The number of hydrogen-bond donors (Lipinski definition) is 0. The first-order valence-corrected chi connectivity index (χ1v) is 27.4. The topological polar surface area (TPSA) is 49.4 Å². The fraction of sp³-hybridized carbons (Fsp3) is 0.310. The van der Waals surface area contributed by atoms with Gasteiger partial charge in [0, 0.05) is 11.1 Å². The molecule has 0 amide bonds. The van der Waals surface area contributed by atoms with E-state index in [4.69, 9.17) is 20.0 Å². The number of nitrogens with zero attached hydrogens (tertiary/aromatic N) is 4. The van der Waals surface area contributed by atoms with Crippen LogP contribution in [0.3, 0.4) is 0 Å². The van der Waals surface area contributed by atoms with Crippen LogP contribution in [0, 0.1) is 46.6 Å². The molecule has 8 bridgehead atoms. The SMILES string of the molecule is CC(C)[Si](C#CC1=C2C=CC(=N2)C(C#Cc2ccccc2)=C2C=CC(=N2)C(C#C[Si](C(C)C)(C(C)C)C(C)C)=C2C=CC(=N2)C(C#Cc2ccccc2)=C2C=CC1=N2)(C(C)C)C(C)C. The summed E-state index contributed by atoms with van der Waals surface area (Å²) in [6.45, 7) is 28.1. The van der Waals surface area contributed by atoms with Crippen LogP contribution in [-0.2, 0) is 0 Å². The summed E-state index contributed by atoms with van der Waals surface area (Å²) in [4.78, 5) is 21.4. The molecular formula is C58H60N4Si2. The number of fused-ring (bicyclic) bond motifs is 4. The van der Waals surface area contributed by atoms with Crippen molar-refractivity contribution in [1.82, 2.24) is 0 Å². The number of hydrogen-bond acceptors (Lipinski definition) is 4. The van der Waals surface area contributed by atoms with Gasteiger partial charge >= 0.3 is 0 Å². The molecule has 7 rings (SSSR count). The van der Waals surface area contributed by atoms with E-state index in [1.807, 2.05) is 85.0 Å². The average molecular weight is 869 g/mol. The third kappa shape index (κ3) is 9.06. The van der Waals surface area contributed by atoms with E-state index in [0.717, 1.165) is 79.1 Å². The van der Waals surface area contributed by atoms with Crippen molar-refractivity contribution >= 4 is 39.0 Å². The van der Waals surface area contributed by atoms with Crippen LogP contribution in [-0.4, -0.2) is 39.0 Å². The molecule has 0 fully saturated rings. The van der Waals surface area contributed by atoms with E-state index in [-0.39, 0.29) is 0 Å². The monoisotopic (exact) mass is 868 g/mol. The molecule has 0 aliphatic carbocycles. The first-order chi connectivity index (χ1) is 30.6. The molecule has 320 valence electrons. The Hall–Kier alpha value is -6.29. The zero-order valence-electron chi connectivity index (χ0n) is 39.6. The summed E-state index contributed by atoms with van der Waals surface area (Å²) in [5.74, 6) is 21.4. The lowest BCUT2D eigenvalue weighted by molar-refractivity contribution is 0.838. The molecular weight excluding hydrogens is 809 g/mol. The molecule has 5 aliphatic rings. The minimum Gasteiger partial charge on any atom is -0.246 e. The molecule has 0 saturated heterocycles. The molecule has 0 N–H and O–H groups in total. The van der Waals surface area contributed by atoms with Crippen molar-refractivity contribution in [2.75, 3.05) is 0 Å². The Balaban J connectivity index is 1.56.